The van der Waals surface area contributed by atoms with E-state index in [1.54, 1.807) is 0 Å². The lowest BCUT2D eigenvalue weighted by Crippen LogP contribution is -2.59. The van der Waals surface area contributed by atoms with E-state index in [1.807, 2.05) is 0 Å². The lowest BCUT2D eigenvalue weighted by Gasteiger charge is -2.43. The first kappa shape index (κ1) is 14.3. The third kappa shape index (κ3) is 2.86. The van der Waals surface area contributed by atoms with Crippen LogP contribution in [0.2, 0.25) is 0 Å². The molecule has 1 aliphatic carbocycles. The molecule has 4 atom stereocenters. The number of hydrogen-bond acceptors (Lipinski definition) is 3. The van der Waals surface area contributed by atoms with Crippen LogP contribution in [0.5, 0.6) is 0 Å². The second-order valence-electron chi connectivity index (χ2n) is 7.06. The molecule has 2 heterocycles. The van der Waals surface area contributed by atoms with Gasteiger partial charge in [-0.2, -0.15) is 0 Å². The van der Waals surface area contributed by atoms with Crippen molar-refractivity contribution in [3.8, 4) is 0 Å². The highest BCUT2D eigenvalue weighted by atomic mass is 16.2. The molecule has 0 aromatic rings. The zero-order valence-corrected chi connectivity index (χ0v) is 13.0. The first-order valence-corrected chi connectivity index (χ1v) is 8.40. The number of rotatable bonds is 1. The molecule has 1 amide bonds. The summed E-state index contributed by atoms with van der Waals surface area (Å²) < 4.78 is 0. The Morgan fingerprint density at radius 2 is 1.90 bits per heavy atom. The number of piperidine rings is 1. The van der Waals surface area contributed by atoms with E-state index in [0.29, 0.717) is 18.0 Å². The molecule has 20 heavy (non-hydrogen) atoms. The van der Waals surface area contributed by atoms with E-state index in [-0.39, 0.29) is 6.04 Å². The van der Waals surface area contributed by atoms with Crippen LogP contribution in [-0.2, 0) is 4.79 Å². The molecule has 3 aliphatic rings. The maximum Gasteiger partial charge on any atom is 0.239 e. The van der Waals surface area contributed by atoms with Gasteiger partial charge in [-0.15, -0.1) is 0 Å². The summed E-state index contributed by atoms with van der Waals surface area (Å²) in [6, 6.07) is 1.18. The van der Waals surface area contributed by atoms with Crippen molar-refractivity contribution in [1.82, 2.24) is 15.1 Å². The number of piperazine rings is 1. The van der Waals surface area contributed by atoms with Crippen LogP contribution in [0.3, 0.4) is 0 Å². The highest BCUT2D eigenvalue weighted by Gasteiger charge is 2.37. The molecule has 4 nitrogen and oxygen atoms in total. The lowest BCUT2D eigenvalue weighted by molar-refractivity contribution is -0.137. The van der Waals surface area contributed by atoms with Crippen molar-refractivity contribution in [3.63, 3.8) is 0 Å². The van der Waals surface area contributed by atoms with E-state index in [2.05, 4.69) is 29.1 Å². The van der Waals surface area contributed by atoms with Crippen LogP contribution < -0.4 is 5.32 Å². The van der Waals surface area contributed by atoms with Crippen LogP contribution in [0.1, 0.15) is 45.4 Å². The van der Waals surface area contributed by atoms with Crippen LogP contribution in [0.25, 0.3) is 0 Å². The summed E-state index contributed by atoms with van der Waals surface area (Å²) >= 11 is 0. The monoisotopic (exact) mass is 279 g/mol. The second-order valence-corrected chi connectivity index (χ2v) is 7.06. The number of nitrogens with zero attached hydrogens (tertiary/aromatic N) is 2. The van der Waals surface area contributed by atoms with Crippen molar-refractivity contribution in [3.05, 3.63) is 0 Å². The van der Waals surface area contributed by atoms with E-state index in [0.717, 1.165) is 32.0 Å². The molecule has 0 spiro atoms. The van der Waals surface area contributed by atoms with Crippen molar-refractivity contribution in [2.24, 2.45) is 5.92 Å². The van der Waals surface area contributed by atoms with Gasteiger partial charge in [0.15, 0.2) is 0 Å². The van der Waals surface area contributed by atoms with Gasteiger partial charge < -0.3 is 15.1 Å². The van der Waals surface area contributed by atoms with Gasteiger partial charge in [0.2, 0.25) is 5.91 Å². The summed E-state index contributed by atoms with van der Waals surface area (Å²) in [5.41, 5.74) is 0. The molecule has 3 rings (SSSR count). The maximum atomic E-state index is 12.7. The minimum atomic E-state index is 0.0879. The Bertz CT molecular complexity index is 360. The topological polar surface area (TPSA) is 35.6 Å². The Kier molecular flexibility index (Phi) is 4.32. The zero-order chi connectivity index (χ0) is 14.1. The van der Waals surface area contributed by atoms with Crippen molar-refractivity contribution in [2.45, 2.75) is 63.6 Å². The molecule has 0 aromatic carbocycles. The number of carbonyl (C=O) groups is 1. The van der Waals surface area contributed by atoms with Gasteiger partial charge >= 0.3 is 0 Å². The van der Waals surface area contributed by atoms with Gasteiger partial charge in [0, 0.05) is 31.7 Å². The Morgan fingerprint density at radius 1 is 1.10 bits per heavy atom. The normalized spacial score (nSPS) is 39.4. The molecule has 4 unspecified atom stereocenters. The minimum absolute atomic E-state index is 0.0879. The number of carbonyl (C=O) groups excluding carboxylic acids is 1. The molecule has 0 bridgehead atoms. The first-order chi connectivity index (χ1) is 9.65. The number of hydrogen-bond donors (Lipinski definition) is 1. The van der Waals surface area contributed by atoms with E-state index in [4.69, 9.17) is 0 Å². The smallest absolute Gasteiger partial charge is 0.239 e. The highest BCUT2D eigenvalue weighted by Crippen LogP contribution is 2.32. The Morgan fingerprint density at radius 3 is 2.70 bits per heavy atom. The van der Waals surface area contributed by atoms with Crippen LogP contribution in [0.15, 0.2) is 0 Å². The molecule has 0 aromatic heterocycles. The molecule has 1 saturated carbocycles. The predicted octanol–water partition coefficient (Wildman–Crippen LogP) is 1.46. The summed E-state index contributed by atoms with van der Waals surface area (Å²) in [6.45, 7) is 5.00. The largest absolute Gasteiger partial charge is 0.339 e. The van der Waals surface area contributed by atoms with Crippen molar-refractivity contribution in [1.29, 1.82) is 0 Å². The standard InChI is InChI=1S/C16H29N3O/c1-12-11-19(10-9-18(12)2)16(20)15-8-7-13-5-3-4-6-14(13)17-15/h12-15,17H,3-11H2,1-2H3. The van der Waals surface area contributed by atoms with Gasteiger partial charge in [0.25, 0.3) is 0 Å². The summed E-state index contributed by atoms with van der Waals surface area (Å²) in [7, 11) is 2.15. The molecule has 3 fully saturated rings. The molecule has 1 N–H and O–H groups in total. The average molecular weight is 279 g/mol. The molecule has 4 heteroatoms. The Balaban J connectivity index is 1.57. The molecular weight excluding hydrogens is 250 g/mol. The van der Waals surface area contributed by atoms with E-state index in [9.17, 15) is 4.79 Å². The number of fused-ring (bicyclic) bond motifs is 1. The van der Waals surface area contributed by atoms with Crippen LogP contribution >= 0.6 is 0 Å². The Labute approximate surface area is 122 Å². The summed E-state index contributed by atoms with van der Waals surface area (Å²) in [4.78, 5) is 17.2. The van der Waals surface area contributed by atoms with Crippen molar-refractivity contribution < 1.29 is 4.79 Å². The van der Waals surface area contributed by atoms with E-state index in [1.165, 1.54) is 32.1 Å². The zero-order valence-electron chi connectivity index (χ0n) is 13.0. The van der Waals surface area contributed by atoms with Gasteiger partial charge in [-0.3, -0.25) is 4.79 Å². The fourth-order valence-electron chi connectivity index (χ4n) is 4.16. The number of amides is 1. The van der Waals surface area contributed by atoms with Crippen LogP contribution in [0.4, 0.5) is 0 Å². The van der Waals surface area contributed by atoms with Gasteiger partial charge in [-0.05, 0) is 45.6 Å². The fourth-order valence-corrected chi connectivity index (χ4v) is 4.16. The van der Waals surface area contributed by atoms with Crippen LogP contribution in [0, 0.1) is 5.92 Å². The van der Waals surface area contributed by atoms with Gasteiger partial charge in [0.05, 0.1) is 6.04 Å². The first-order valence-electron chi connectivity index (χ1n) is 8.40. The second kappa shape index (κ2) is 6.02. The maximum absolute atomic E-state index is 12.7. The SMILES string of the molecule is CC1CN(C(=O)C2CCC3CCCCC3N2)CCN1C. The van der Waals surface area contributed by atoms with Gasteiger partial charge in [-0.1, -0.05) is 12.8 Å². The molecular formula is C16H29N3O. The van der Waals surface area contributed by atoms with Gasteiger partial charge in [-0.25, -0.2) is 0 Å². The fraction of sp³-hybridized carbons (Fsp3) is 0.938. The summed E-state index contributed by atoms with van der Waals surface area (Å²) in [6.07, 6.45) is 7.65. The van der Waals surface area contributed by atoms with Gasteiger partial charge in [0.1, 0.15) is 0 Å². The molecule has 0 radical (unpaired) electrons. The predicted molar refractivity (Wildman–Crippen MR) is 80.6 cm³/mol. The summed E-state index contributed by atoms with van der Waals surface area (Å²) in [5, 5.41) is 3.67. The molecule has 2 aliphatic heterocycles. The van der Waals surface area contributed by atoms with Crippen molar-refractivity contribution >= 4 is 5.91 Å². The lowest BCUT2D eigenvalue weighted by atomic mass is 9.77. The number of nitrogens with one attached hydrogen (secondary N) is 1. The molecule has 114 valence electrons. The van der Waals surface area contributed by atoms with Crippen molar-refractivity contribution in [2.75, 3.05) is 26.7 Å². The number of likely N-dealkylation sites (N-methyl/N-ethyl adjacent to an activating group) is 1. The quantitative estimate of drug-likeness (QED) is 0.789. The molecule has 2 saturated heterocycles. The highest BCUT2D eigenvalue weighted by molar-refractivity contribution is 5.82. The third-order valence-corrected chi connectivity index (χ3v) is 5.72. The minimum Gasteiger partial charge on any atom is -0.339 e. The van der Waals surface area contributed by atoms with E-state index < -0.39 is 0 Å². The summed E-state index contributed by atoms with van der Waals surface area (Å²) in [5.74, 6) is 1.19. The van der Waals surface area contributed by atoms with E-state index >= 15 is 0 Å². The average Bonchev–Trinajstić information content (AvgIpc) is 2.49. The Hall–Kier alpha value is -0.610. The van der Waals surface area contributed by atoms with Crippen LogP contribution in [-0.4, -0.2) is 60.5 Å². The third-order valence-electron chi connectivity index (χ3n) is 5.72.